The van der Waals surface area contributed by atoms with Gasteiger partial charge in [0.25, 0.3) is 0 Å². The summed E-state index contributed by atoms with van der Waals surface area (Å²) in [4.78, 5) is 5.93. The molecule has 4 heteroatoms. The van der Waals surface area contributed by atoms with Crippen molar-refractivity contribution in [2.24, 2.45) is 5.92 Å². The Kier molecular flexibility index (Phi) is 5.15. The van der Waals surface area contributed by atoms with Crippen molar-refractivity contribution in [2.45, 2.75) is 46.0 Å². The zero-order valence-corrected chi connectivity index (χ0v) is 10.0. The van der Waals surface area contributed by atoms with Crippen LogP contribution in [0.1, 0.15) is 45.4 Å². The summed E-state index contributed by atoms with van der Waals surface area (Å²) >= 11 is 0. The molecule has 0 aliphatic heterocycles. The van der Waals surface area contributed by atoms with Crippen LogP contribution < -0.4 is 5.43 Å². The van der Waals surface area contributed by atoms with Crippen LogP contribution in [0.3, 0.4) is 0 Å². The number of nitrogens with one attached hydrogen (secondary N) is 1. The molecule has 0 spiro atoms. The standard InChI is InChI=1S/C11H22N4/c1-4-6-7-10(5-2)8-11-13-9-15(12-3)14-11/h9-10,12H,4-8H2,1-3H3. The summed E-state index contributed by atoms with van der Waals surface area (Å²) in [5.74, 6) is 1.69. The smallest absolute Gasteiger partial charge is 0.152 e. The molecule has 0 fully saturated rings. The number of hydrogen-bond acceptors (Lipinski definition) is 3. The molecule has 0 aliphatic carbocycles. The van der Waals surface area contributed by atoms with Crippen molar-refractivity contribution in [1.29, 1.82) is 0 Å². The molecule has 1 N–H and O–H groups in total. The largest absolute Gasteiger partial charge is 0.312 e. The molecular weight excluding hydrogens is 188 g/mol. The van der Waals surface area contributed by atoms with E-state index in [4.69, 9.17) is 0 Å². The highest BCUT2D eigenvalue weighted by atomic mass is 15.6. The third-order valence-electron chi connectivity index (χ3n) is 2.78. The molecule has 1 heterocycles. The monoisotopic (exact) mass is 210 g/mol. The fourth-order valence-corrected chi connectivity index (χ4v) is 1.70. The van der Waals surface area contributed by atoms with E-state index in [0.717, 1.165) is 18.2 Å². The Bertz CT molecular complexity index is 269. The maximum Gasteiger partial charge on any atom is 0.152 e. The summed E-state index contributed by atoms with van der Waals surface area (Å²) < 4.78 is 0. The van der Waals surface area contributed by atoms with Crippen molar-refractivity contribution in [2.75, 3.05) is 12.5 Å². The van der Waals surface area contributed by atoms with Crippen LogP contribution in [0.2, 0.25) is 0 Å². The number of nitrogens with zero attached hydrogens (tertiary/aromatic N) is 3. The van der Waals surface area contributed by atoms with Crippen molar-refractivity contribution < 1.29 is 0 Å². The first-order valence-corrected chi connectivity index (χ1v) is 5.88. The Labute approximate surface area is 92.1 Å². The van der Waals surface area contributed by atoms with E-state index >= 15 is 0 Å². The molecule has 0 aliphatic rings. The van der Waals surface area contributed by atoms with E-state index in [-0.39, 0.29) is 0 Å². The predicted octanol–water partition coefficient (Wildman–Crippen LogP) is 2.21. The van der Waals surface area contributed by atoms with Crippen LogP contribution in [0, 0.1) is 5.92 Å². The first-order chi connectivity index (χ1) is 7.30. The van der Waals surface area contributed by atoms with Gasteiger partial charge in [-0.1, -0.05) is 39.5 Å². The summed E-state index contributed by atoms with van der Waals surface area (Å²) in [6, 6.07) is 0. The average Bonchev–Trinajstić information content (AvgIpc) is 2.71. The lowest BCUT2D eigenvalue weighted by molar-refractivity contribution is 0.439. The Morgan fingerprint density at radius 3 is 2.80 bits per heavy atom. The lowest BCUT2D eigenvalue weighted by Gasteiger charge is -2.11. The Hall–Kier alpha value is -1.06. The van der Waals surface area contributed by atoms with Crippen molar-refractivity contribution in [1.82, 2.24) is 14.9 Å². The van der Waals surface area contributed by atoms with E-state index in [0.29, 0.717) is 0 Å². The second-order valence-electron chi connectivity index (χ2n) is 3.95. The summed E-state index contributed by atoms with van der Waals surface area (Å²) in [5.41, 5.74) is 2.92. The lowest BCUT2D eigenvalue weighted by atomic mass is 9.96. The highest BCUT2D eigenvalue weighted by Crippen LogP contribution is 2.16. The average molecular weight is 210 g/mol. The van der Waals surface area contributed by atoms with E-state index in [1.807, 2.05) is 7.05 Å². The first-order valence-electron chi connectivity index (χ1n) is 5.88. The van der Waals surface area contributed by atoms with Gasteiger partial charge in [0.05, 0.1) is 0 Å². The molecule has 1 unspecified atom stereocenters. The van der Waals surface area contributed by atoms with Gasteiger partial charge in [0.2, 0.25) is 0 Å². The van der Waals surface area contributed by atoms with Gasteiger partial charge in [-0.25, -0.2) is 4.98 Å². The molecule has 1 aromatic rings. The number of aromatic nitrogens is 3. The quantitative estimate of drug-likeness (QED) is 0.750. The minimum absolute atomic E-state index is 0.734. The molecule has 0 aromatic carbocycles. The van der Waals surface area contributed by atoms with Gasteiger partial charge in [0.1, 0.15) is 6.33 Å². The Morgan fingerprint density at radius 1 is 1.47 bits per heavy atom. The summed E-state index contributed by atoms with van der Waals surface area (Å²) in [7, 11) is 1.84. The topological polar surface area (TPSA) is 42.7 Å². The minimum atomic E-state index is 0.734. The van der Waals surface area contributed by atoms with Gasteiger partial charge < -0.3 is 5.43 Å². The van der Waals surface area contributed by atoms with Crippen molar-refractivity contribution in [3.05, 3.63) is 12.2 Å². The molecular formula is C11H22N4. The van der Waals surface area contributed by atoms with Crippen molar-refractivity contribution in [3.8, 4) is 0 Å². The Balaban J connectivity index is 2.43. The van der Waals surface area contributed by atoms with E-state index in [9.17, 15) is 0 Å². The molecule has 0 radical (unpaired) electrons. The van der Waals surface area contributed by atoms with Gasteiger partial charge in [-0.05, 0) is 5.92 Å². The van der Waals surface area contributed by atoms with Gasteiger partial charge in [-0.15, -0.1) is 5.10 Å². The molecule has 0 saturated carbocycles. The molecule has 1 rings (SSSR count). The van der Waals surface area contributed by atoms with Crippen molar-refractivity contribution in [3.63, 3.8) is 0 Å². The highest BCUT2D eigenvalue weighted by Gasteiger charge is 2.10. The molecule has 15 heavy (non-hydrogen) atoms. The molecule has 0 saturated heterocycles. The van der Waals surface area contributed by atoms with Gasteiger partial charge >= 0.3 is 0 Å². The van der Waals surface area contributed by atoms with Crippen LogP contribution in [0.15, 0.2) is 6.33 Å². The molecule has 1 atom stereocenters. The van der Waals surface area contributed by atoms with E-state index < -0.39 is 0 Å². The zero-order valence-electron chi connectivity index (χ0n) is 10.0. The Morgan fingerprint density at radius 2 is 2.27 bits per heavy atom. The molecule has 86 valence electrons. The van der Waals surface area contributed by atoms with E-state index in [2.05, 4.69) is 29.4 Å². The number of rotatable bonds is 7. The van der Waals surface area contributed by atoms with Crippen LogP contribution in [0.4, 0.5) is 0 Å². The molecule has 0 amide bonds. The maximum atomic E-state index is 4.32. The van der Waals surface area contributed by atoms with Crippen LogP contribution in [-0.4, -0.2) is 21.9 Å². The normalized spacial score (nSPS) is 12.7. The van der Waals surface area contributed by atoms with Crippen LogP contribution >= 0.6 is 0 Å². The third kappa shape index (κ3) is 3.90. The SMILES string of the molecule is CCCCC(CC)Cc1ncn(NC)n1. The molecule has 0 bridgehead atoms. The summed E-state index contributed by atoms with van der Waals surface area (Å²) in [5, 5.41) is 4.32. The second-order valence-corrected chi connectivity index (χ2v) is 3.95. The maximum absolute atomic E-state index is 4.32. The third-order valence-corrected chi connectivity index (χ3v) is 2.78. The van der Waals surface area contributed by atoms with E-state index in [1.165, 1.54) is 25.7 Å². The van der Waals surface area contributed by atoms with Crippen LogP contribution in [0.25, 0.3) is 0 Å². The fourth-order valence-electron chi connectivity index (χ4n) is 1.70. The second kappa shape index (κ2) is 6.43. The summed E-state index contributed by atoms with van der Waals surface area (Å²) in [6.45, 7) is 4.48. The molecule has 4 nitrogen and oxygen atoms in total. The summed E-state index contributed by atoms with van der Waals surface area (Å²) in [6.07, 6.45) is 7.82. The van der Waals surface area contributed by atoms with Crippen molar-refractivity contribution >= 4 is 0 Å². The van der Waals surface area contributed by atoms with Gasteiger partial charge in [-0.3, -0.25) is 0 Å². The zero-order chi connectivity index (χ0) is 11.1. The number of hydrogen-bond donors (Lipinski definition) is 1. The highest BCUT2D eigenvalue weighted by molar-refractivity contribution is 4.85. The van der Waals surface area contributed by atoms with Gasteiger partial charge in [0, 0.05) is 13.5 Å². The minimum Gasteiger partial charge on any atom is -0.312 e. The predicted molar refractivity (Wildman–Crippen MR) is 62.3 cm³/mol. The lowest BCUT2D eigenvalue weighted by Crippen LogP contribution is -2.10. The molecule has 1 aromatic heterocycles. The van der Waals surface area contributed by atoms with Crippen LogP contribution in [-0.2, 0) is 6.42 Å². The van der Waals surface area contributed by atoms with E-state index in [1.54, 1.807) is 11.1 Å². The number of unbranched alkanes of at least 4 members (excludes halogenated alkanes) is 1. The fraction of sp³-hybridized carbons (Fsp3) is 0.818. The van der Waals surface area contributed by atoms with Crippen LogP contribution in [0.5, 0.6) is 0 Å². The van der Waals surface area contributed by atoms with Gasteiger partial charge in [0.15, 0.2) is 5.82 Å². The first kappa shape index (κ1) is 12.0. The van der Waals surface area contributed by atoms with Gasteiger partial charge in [-0.2, -0.15) is 4.79 Å².